The van der Waals surface area contributed by atoms with E-state index >= 15 is 0 Å². The van der Waals surface area contributed by atoms with Crippen LogP contribution < -0.4 is 5.32 Å². The van der Waals surface area contributed by atoms with Crippen molar-refractivity contribution in [2.45, 2.75) is 51.5 Å². The normalized spacial score (nSPS) is 38.1. The van der Waals surface area contributed by atoms with Crippen LogP contribution in [0.25, 0.3) is 0 Å². The van der Waals surface area contributed by atoms with Crippen LogP contribution in [-0.2, 0) is 11.3 Å². The first-order valence-electron chi connectivity index (χ1n) is 7.95. The number of rotatable bonds is 4. The minimum Gasteiger partial charge on any atom is -0.350 e. The number of carbonyl (C=O) groups excluding carboxylic acids is 1. The Morgan fingerprint density at radius 2 is 1.90 bits per heavy atom. The fourth-order valence-corrected chi connectivity index (χ4v) is 5.48. The van der Waals surface area contributed by atoms with Gasteiger partial charge in [0, 0.05) is 12.6 Å². The monoisotopic (exact) mass is 273 g/mol. The van der Waals surface area contributed by atoms with Crippen molar-refractivity contribution in [1.29, 1.82) is 0 Å². The van der Waals surface area contributed by atoms with E-state index in [1.54, 1.807) is 12.5 Å². The van der Waals surface area contributed by atoms with Gasteiger partial charge < -0.3 is 10.3 Å². The standard InChI is InChI=1S/C16H23N3O/c20-15(18-9-14-8-17-10-19-14)7-16-4-11-1-12(5-16)3-13(2-11)6-16/h8,10-13H,1-7,9H2,(H,17,19)(H,18,20). The van der Waals surface area contributed by atoms with Crippen molar-refractivity contribution < 1.29 is 4.79 Å². The van der Waals surface area contributed by atoms with Crippen LogP contribution in [0.3, 0.4) is 0 Å². The molecule has 0 radical (unpaired) electrons. The van der Waals surface area contributed by atoms with E-state index in [0.717, 1.165) is 29.9 Å². The number of aromatic nitrogens is 2. The van der Waals surface area contributed by atoms with E-state index in [4.69, 9.17) is 0 Å². The summed E-state index contributed by atoms with van der Waals surface area (Å²) in [6.45, 7) is 0.575. The van der Waals surface area contributed by atoms with E-state index in [0.29, 0.717) is 12.0 Å². The molecule has 108 valence electrons. The van der Waals surface area contributed by atoms with Gasteiger partial charge in [-0.1, -0.05) is 0 Å². The van der Waals surface area contributed by atoms with Crippen LogP contribution in [0.5, 0.6) is 0 Å². The van der Waals surface area contributed by atoms with Gasteiger partial charge >= 0.3 is 0 Å². The number of carbonyl (C=O) groups is 1. The summed E-state index contributed by atoms with van der Waals surface area (Å²) in [5.74, 6) is 2.98. The molecule has 4 heteroatoms. The fourth-order valence-electron chi connectivity index (χ4n) is 5.48. The van der Waals surface area contributed by atoms with Crippen molar-refractivity contribution in [2.75, 3.05) is 0 Å². The van der Waals surface area contributed by atoms with Gasteiger partial charge in [0.05, 0.1) is 18.6 Å². The average Bonchev–Trinajstić information content (AvgIpc) is 2.87. The van der Waals surface area contributed by atoms with E-state index in [2.05, 4.69) is 15.3 Å². The van der Waals surface area contributed by atoms with Crippen molar-refractivity contribution in [2.24, 2.45) is 23.2 Å². The van der Waals surface area contributed by atoms with E-state index in [1.807, 2.05) is 0 Å². The SMILES string of the molecule is O=C(CC12CC3CC(CC(C3)C1)C2)NCc1cnc[nH]1. The lowest BCUT2D eigenvalue weighted by molar-refractivity contribution is -0.129. The molecule has 1 aromatic heterocycles. The smallest absolute Gasteiger partial charge is 0.220 e. The van der Waals surface area contributed by atoms with Crippen molar-refractivity contribution in [3.63, 3.8) is 0 Å². The van der Waals surface area contributed by atoms with Gasteiger partial charge in [-0.25, -0.2) is 4.98 Å². The van der Waals surface area contributed by atoms with Crippen LogP contribution >= 0.6 is 0 Å². The topological polar surface area (TPSA) is 57.8 Å². The Balaban J connectivity index is 1.37. The summed E-state index contributed by atoms with van der Waals surface area (Å²) in [6.07, 6.45) is 12.4. The maximum Gasteiger partial charge on any atom is 0.220 e. The molecule has 4 bridgehead atoms. The summed E-state index contributed by atoms with van der Waals surface area (Å²) in [7, 11) is 0. The van der Waals surface area contributed by atoms with Crippen LogP contribution in [0.2, 0.25) is 0 Å². The highest BCUT2D eigenvalue weighted by Crippen LogP contribution is 2.61. The first-order valence-corrected chi connectivity index (χ1v) is 7.95. The number of hydrogen-bond donors (Lipinski definition) is 2. The largest absolute Gasteiger partial charge is 0.350 e. The maximum atomic E-state index is 12.3. The molecule has 0 saturated heterocycles. The van der Waals surface area contributed by atoms with Crippen LogP contribution in [-0.4, -0.2) is 15.9 Å². The molecule has 4 aliphatic rings. The van der Waals surface area contributed by atoms with Gasteiger partial charge in [0.15, 0.2) is 0 Å². The lowest BCUT2D eigenvalue weighted by Gasteiger charge is -2.56. The molecule has 1 aromatic rings. The van der Waals surface area contributed by atoms with Crippen LogP contribution in [0.1, 0.15) is 50.6 Å². The number of H-pyrrole nitrogens is 1. The number of nitrogens with one attached hydrogen (secondary N) is 2. The van der Waals surface area contributed by atoms with E-state index < -0.39 is 0 Å². The van der Waals surface area contributed by atoms with Gasteiger partial charge in [0.1, 0.15) is 0 Å². The van der Waals surface area contributed by atoms with Gasteiger partial charge in [0.2, 0.25) is 5.91 Å². The predicted octanol–water partition coefficient (Wildman–Crippen LogP) is 2.63. The third-order valence-electron chi connectivity index (χ3n) is 5.73. The first-order chi connectivity index (χ1) is 9.71. The Morgan fingerprint density at radius 3 is 2.45 bits per heavy atom. The number of aromatic amines is 1. The Morgan fingerprint density at radius 1 is 1.25 bits per heavy atom. The average molecular weight is 273 g/mol. The van der Waals surface area contributed by atoms with E-state index in [1.165, 1.54) is 38.5 Å². The summed E-state index contributed by atoms with van der Waals surface area (Å²) in [4.78, 5) is 19.3. The van der Waals surface area contributed by atoms with Gasteiger partial charge in [0.25, 0.3) is 0 Å². The van der Waals surface area contributed by atoms with Crippen molar-refractivity contribution in [3.05, 3.63) is 18.2 Å². The minimum atomic E-state index is 0.224. The molecule has 5 rings (SSSR count). The Bertz CT molecular complexity index is 459. The molecule has 4 fully saturated rings. The molecule has 20 heavy (non-hydrogen) atoms. The molecule has 4 nitrogen and oxygen atoms in total. The molecule has 1 amide bonds. The van der Waals surface area contributed by atoms with E-state index in [9.17, 15) is 4.79 Å². The van der Waals surface area contributed by atoms with Crippen molar-refractivity contribution in [3.8, 4) is 0 Å². The summed E-state index contributed by atoms with van der Waals surface area (Å²) in [5, 5.41) is 3.05. The molecular formula is C16H23N3O. The van der Waals surface area contributed by atoms with Gasteiger partial charge in [-0.2, -0.15) is 0 Å². The van der Waals surface area contributed by atoms with Crippen molar-refractivity contribution in [1.82, 2.24) is 15.3 Å². The molecule has 0 aromatic carbocycles. The first kappa shape index (κ1) is 12.4. The Hall–Kier alpha value is -1.32. The molecule has 0 spiro atoms. The molecule has 0 unspecified atom stereocenters. The highest BCUT2D eigenvalue weighted by atomic mass is 16.1. The molecule has 4 aliphatic carbocycles. The summed E-state index contributed by atoms with van der Waals surface area (Å²) in [6, 6.07) is 0. The number of nitrogens with zero attached hydrogens (tertiary/aromatic N) is 1. The molecule has 1 heterocycles. The Kier molecular flexibility index (Phi) is 2.86. The van der Waals surface area contributed by atoms with Gasteiger partial charge in [-0.15, -0.1) is 0 Å². The minimum absolute atomic E-state index is 0.224. The second-order valence-electron chi connectivity index (χ2n) is 7.45. The maximum absolute atomic E-state index is 12.3. The summed E-state index contributed by atoms with van der Waals surface area (Å²) in [5.41, 5.74) is 1.32. The van der Waals surface area contributed by atoms with E-state index in [-0.39, 0.29) is 5.91 Å². The molecular weight excluding hydrogens is 250 g/mol. The van der Waals surface area contributed by atoms with Crippen LogP contribution in [0.15, 0.2) is 12.5 Å². The quantitative estimate of drug-likeness (QED) is 0.886. The molecule has 2 N–H and O–H groups in total. The highest BCUT2D eigenvalue weighted by Gasteiger charge is 2.51. The molecule has 0 aliphatic heterocycles. The van der Waals surface area contributed by atoms with Gasteiger partial charge in [-0.3, -0.25) is 4.79 Å². The zero-order chi connectivity index (χ0) is 13.6. The second-order valence-corrected chi connectivity index (χ2v) is 7.45. The zero-order valence-electron chi connectivity index (χ0n) is 11.9. The third kappa shape index (κ3) is 2.25. The number of imidazole rings is 1. The van der Waals surface area contributed by atoms with Crippen molar-refractivity contribution >= 4 is 5.91 Å². The summed E-state index contributed by atoms with van der Waals surface area (Å²) >= 11 is 0. The lowest BCUT2D eigenvalue weighted by Crippen LogP contribution is -2.47. The predicted molar refractivity (Wildman–Crippen MR) is 75.7 cm³/mol. The number of amides is 1. The second kappa shape index (κ2) is 4.61. The fraction of sp³-hybridized carbons (Fsp3) is 0.750. The molecule has 0 atom stereocenters. The number of hydrogen-bond acceptors (Lipinski definition) is 2. The van der Waals surface area contributed by atoms with Crippen LogP contribution in [0, 0.1) is 23.2 Å². The highest BCUT2D eigenvalue weighted by molar-refractivity contribution is 5.76. The Labute approximate surface area is 119 Å². The molecule has 4 saturated carbocycles. The zero-order valence-corrected chi connectivity index (χ0v) is 11.9. The summed E-state index contributed by atoms with van der Waals surface area (Å²) < 4.78 is 0. The lowest BCUT2D eigenvalue weighted by atomic mass is 9.49. The van der Waals surface area contributed by atoms with Gasteiger partial charge in [-0.05, 0) is 61.7 Å². The third-order valence-corrected chi connectivity index (χ3v) is 5.73. The van der Waals surface area contributed by atoms with Crippen LogP contribution in [0.4, 0.5) is 0 Å².